The second kappa shape index (κ2) is 6.44. The van der Waals surface area contributed by atoms with Crippen LogP contribution >= 0.6 is 0 Å². The Bertz CT molecular complexity index is 259. The number of ether oxygens (including phenoxy) is 1. The van der Waals surface area contributed by atoms with Gasteiger partial charge in [-0.15, -0.1) is 5.92 Å². The first kappa shape index (κ1) is 12.0. The van der Waals surface area contributed by atoms with Crippen LogP contribution in [0.3, 0.4) is 0 Å². The lowest BCUT2D eigenvalue weighted by molar-refractivity contribution is -0.136. The minimum atomic E-state index is 0.0822. The number of methoxy groups -OCH3 is 1. The van der Waals surface area contributed by atoms with E-state index >= 15 is 0 Å². The van der Waals surface area contributed by atoms with E-state index in [1.54, 1.807) is 7.11 Å². The van der Waals surface area contributed by atoms with E-state index in [0.717, 1.165) is 32.7 Å². The van der Waals surface area contributed by atoms with Crippen LogP contribution in [0.5, 0.6) is 0 Å². The summed E-state index contributed by atoms with van der Waals surface area (Å²) in [5.41, 5.74) is 0. The van der Waals surface area contributed by atoms with Gasteiger partial charge in [-0.25, -0.2) is 0 Å². The predicted molar refractivity (Wildman–Crippen MR) is 58.3 cm³/mol. The van der Waals surface area contributed by atoms with Crippen LogP contribution in [0.25, 0.3) is 0 Å². The molecule has 0 aromatic carbocycles. The molecular weight excluding hydrogens is 192 g/mol. The van der Waals surface area contributed by atoms with Gasteiger partial charge in [-0.2, -0.15) is 0 Å². The Morgan fingerprint density at radius 2 is 2.00 bits per heavy atom. The maximum absolute atomic E-state index is 11.5. The van der Waals surface area contributed by atoms with Crippen molar-refractivity contribution in [3.8, 4) is 11.8 Å². The lowest BCUT2D eigenvalue weighted by atomic mass is 10.3. The third-order valence-electron chi connectivity index (χ3n) is 2.47. The van der Waals surface area contributed by atoms with Gasteiger partial charge in [-0.1, -0.05) is 5.92 Å². The van der Waals surface area contributed by atoms with Crippen LogP contribution in [0.4, 0.5) is 0 Å². The van der Waals surface area contributed by atoms with Gasteiger partial charge in [-0.05, 0) is 6.92 Å². The van der Waals surface area contributed by atoms with Crippen LogP contribution < -0.4 is 0 Å². The van der Waals surface area contributed by atoms with Gasteiger partial charge >= 0.3 is 0 Å². The quantitative estimate of drug-likeness (QED) is 0.605. The molecule has 4 nitrogen and oxygen atoms in total. The summed E-state index contributed by atoms with van der Waals surface area (Å²) >= 11 is 0. The summed E-state index contributed by atoms with van der Waals surface area (Å²) in [4.78, 5) is 15.6. The lowest BCUT2D eigenvalue weighted by Crippen LogP contribution is -2.49. The number of carbonyl (C=O) groups excluding carboxylic acids is 1. The van der Waals surface area contributed by atoms with Gasteiger partial charge in [0.1, 0.15) is 6.61 Å². The smallest absolute Gasteiger partial charge is 0.248 e. The molecule has 15 heavy (non-hydrogen) atoms. The maximum Gasteiger partial charge on any atom is 0.248 e. The molecule has 0 aliphatic carbocycles. The standard InChI is InChI=1S/C11H18N2O2/c1-3-4-5-12-6-8-13(9-7-12)11(14)10-15-2/h5-10H2,1-2H3. The number of hydrogen-bond donors (Lipinski definition) is 0. The van der Waals surface area contributed by atoms with Crippen molar-refractivity contribution in [3.63, 3.8) is 0 Å². The molecule has 0 bridgehead atoms. The fourth-order valence-electron chi connectivity index (χ4n) is 1.56. The number of piperazine rings is 1. The number of amides is 1. The molecule has 1 fully saturated rings. The van der Waals surface area contributed by atoms with Crippen LogP contribution in [0.15, 0.2) is 0 Å². The van der Waals surface area contributed by atoms with Crippen LogP contribution in [-0.4, -0.2) is 62.1 Å². The van der Waals surface area contributed by atoms with Crippen molar-refractivity contribution in [1.82, 2.24) is 9.80 Å². The van der Waals surface area contributed by atoms with Gasteiger partial charge in [0.2, 0.25) is 5.91 Å². The molecule has 0 spiro atoms. The first-order valence-corrected chi connectivity index (χ1v) is 5.16. The molecule has 0 N–H and O–H groups in total. The summed E-state index contributed by atoms with van der Waals surface area (Å²) in [6, 6.07) is 0. The van der Waals surface area contributed by atoms with Crippen molar-refractivity contribution in [1.29, 1.82) is 0 Å². The van der Waals surface area contributed by atoms with Crippen molar-refractivity contribution in [2.75, 3.05) is 46.4 Å². The zero-order chi connectivity index (χ0) is 11.1. The highest BCUT2D eigenvalue weighted by Crippen LogP contribution is 2.01. The molecule has 1 aliphatic rings. The van der Waals surface area contributed by atoms with Crippen molar-refractivity contribution in [2.24, 2.45) is 0 Å². The van der Waals surface area contributed by atoms with Gasteiger partial charge in [0.05, 0.1) is 6.54 Å². The second-order valence-electron chi connectivity index (χ2n) is 3.52. The van der Waals surface area contributed by atoms with E-state index in [1.165, 1.54) is 0 Å². The molecule has 0 unspecified atom stereocenters. The Balaban J connectivity index is 2.28. The molecule has 1 aliphatic heterocycles. The normalized spacial score (nSPS) is 17.1. The molecule has 4 heteroatoms. The van der Waals surface area contributed by atoms with Crippen LogP contribution in [0.1, 0.15) is 6.92 Å². The van der Waals surface area contributed by atoms with Crippen molar-refractivity contribution >= 4 is 5.91 Å². The first-order chi connectivity index (χ1) is 7.27. The Labute approximate surface area is 91.2 Å². The highest BCUT2D eigenvalue weighted by Gasteiger charge is 2.19. The minimum Gasteiger partial charge on any atom is -0.375 e. The van der Waals surface area contributed by atoms with Gasteiger partial charge in [0.25, 0.3) is 0 Å². The van der Waals surface area contributed by atoms with E-state index in [4.69, 9.17) is 4.74 Å². The molecular formula is C11H18N2O2. The first-order valence-electron chi connectivity index (χ1n) is 5.16. The number of rotatable bonds is 3. The average molecular weight is 210 g/mol. The number of nitrogens with zero attached hydrogens (tertiary/aromatic N) is 2. The number of carbonyl (C=O) groups is 1. The van der Waals surface area contributed by atoms with Crippen molar-refractivity contribution in [2.45, 2.75) is 6.92 Å². The summed E-state index contributed by atoms with van der Waals surface area (Å²) in [6.45, 7) is 6.23. The third-order valence-corrected chi connectivity index (χ3v) is 2.47. The zero-order valence-electron chi connectivity index (χ0n) is 9.45. The summed E-state index contributed by atoms with van der Waals surface area (Å²) < 4.78 is 4.82. The molecule has 0 aromatic heterocycles. The van der Waals surface area contributed by atoms with Crippen LogP contribution in [0.2, 0.25) is 0 Å². The average Bonchev–Trinajstić information content (AvgIpc) is 2.27. The molecule has 1 amide bonds. The molecule has 1 heterocycles. The van der Waals surface area contributed by atoms with Crippen molar-refractivity contribution < 1.29 is 9.53 Å². The monoisotopic (exact) mass is 210 g/mol. The molecule has 0 aromatic rings. The topological polar surface area (TPSA) is 32.8 Å². The highest BCUT2D eigenvalue weighted by molar-refractivity contribution is 5.77. The Kier molecular flexibility index (Phi) is 5.16. The van der Waals surface area contributed by atoms with Gasteiger partial charge in [-0.3, -0.25) is 9.69 Å². The van der Waals surface area contributed by atoms with E-state index in [-0.39, 0.29) is 12.5 Å². The van der Waals surface area contributed by atoms with Gasteiger partial charge < -0.3 is 9.64 Å². The lowest BCUT2D eigenvalue weighted by Gasteiger charge is -2.33. The Morgan fingerprint density at radius 3 is 2.53 bits per heavy atom. The van der Waals surface area contributed by atoms with Crippen LogP contribution in [-0.2, 0) is 9.53 Å². The summed E-state index contributed by atoms with van der Waals surface area (Å²) in [5.74, 6) is 5.99. The van der Waals surface area contributed by atoms with E-state index in [1.807, 2.05) is 11.8 Å². The summed E-state index contributed by atoms with van der Waals surface area (Å²) in [7, 11) is 1.55. The van der Waals surface area contributed by atoms with E-state index in [2.05, 4.69) is 16.7 Å². The fraction of sp³-hybridized carbons (Fsp3) is 0.727. The minimum absolute atomic E-state index is 0.0822. The van der Waals surface area contributed by atoms with Gasteiger partial charge in [0.15, 0.2) is 0 Å². The third kappa shape index (κ3) is 3.90. The Morgan fingerprint density at radius 1 is 1.33 bits per heavy atom. The summed E-state index contributed by atoms with van der Waals surface area (Å²) in [5, 5.41) is 0. The van der Waals surface area contributed by atoms with E-state index in [9.17, 15) is 4.79 Å². The zero-order valence-corrected chi connectivity index (χ0v) is 9.45. The van der Waals surface area contributed by atoms with Crippen molar-refractivity contribution in [3.05, 3.63) is 0 Å². The number of hydrogen-bond acceptors (Lipinski definition) is 3. The maximum atomic E-state index is 11.5. The molecule has 0 radical (unpaired) electrons. The fourth-order valence-corrected chi connectivity index (χ4v) is 1.56. The summed E-state index contributed by atoms with van der Waals surface area (Å²) in [6.07, 6.45) is 0. The molecule has 1 rings (SSSR count). The molecule has 84 valence electrons. The van der Waals surface area contributed by atoms with E-state index in [0.29, 0.717) is 0 Å². The Hall–Kier alpha value is -1.05. The van der Waals surface area contributed by atoms with Gasteiger partial charge in [0, 0.05) is 33.3 Å². The SMILES string of the molecule is CC#CCN1CCN(C(=O)COC)CC1. The van der Waals surface area contributed by atoms with Crippen LogP contribution in [0, 0.1) is 11.8 Å². The molecule has 0 atom stereocenters. The molecule has 0 saturated carbocycles. The largest absolute Gasteiger partial charge is 0.375 e. The highest BCUT2D eigenvalue weighted by atomic mass is 16.5. The van der Waals surface area contributed by atoms with E-state index < -0.39 is 0 Å². The molecule has 1 saturated heterocycles. The predicted octanol–water partition coefficient (Wildman–Crippen LogP) is -0.200. The second-order valence-corrected chi connectivity index (χ2v) is 3.52.